The predicted octanol–water partition coefficient (Wildman–Crippen LogP) is 14.5. The van der Waals surface area contributed by atoms with Crippen LogP contribution in [0.2, 0.25) is 0 Å². The Bertz CT molecular complexity index is 3160. The third-order valence-electron chi connectivity index (χ3n) is 12.2. The summed E-state index contributed by atoms with van der Waals surface area (Å²) in [5, 5.41) is 4.84. The molecule has 0 saturated carbocycles. The molecule has 1 heterocycles. The standard InChI is InChI=1S/C56H38N2/c1-56(42-19-6-3-7-20-42)51-26-13-12-24-48(51)49-32-31-41(35-52(49)56)45-33-34-50(47-23-11-10-22-46(45)47)54-36-53(57-55(58-54)40-16-4-2-5-17-40)39-29-27-38(28-30-39)44-25-14-18-37-15-8-9-21-43(37)44/h2-36H,1H3. The van der Waals surface area contributed by atoms with Gasteiger partial charge in [0, 0.05) is 22.1 Å². The van der Waals surface area contributed by atoms with Gasteiger partial charge in [-0.25, -0.2) is 9.97 Å². The summed E-state index contributed by atoms with van der Waals surface area (Å²) >= 11 is 0. The second-order valence-electron chi connectivity index (χ2n) is 15.4. The fourth-order valence-corrected chi connectivity index (χ4v) is 9.26. The molecule has 11 rings (SSSR count). The highest BCUT2D eigenvalue weighted by Crippen LogP contribution is 2.53. The Labute approximate surface area is 338 Å². The first-order chi connectivity index (χ1) is 28.6. The molecule has 58 heavy (non-hydrogen) atoms. The largest absolute Gasteiger partial charge is 0.228 e. The Hall–Kier alpha value is -7.42. The van der Waals surface area contributed by atoms with E-state index >= 15 is 0 Å². The summed E-state index contributed by atoms with van der Waals surface area (Å²) in [4.78, 5) is 10.4. The van der Waals surface area contributed by atoms with Gasteiger partial charge in [0.1, 0.15) is 0 Å². The molecule has 2 nitrogen and oxygen atoms in total. The van der Waals surface area contributed by atoms with E-state index in [9.17, 15) is 0 Å². The summed E-state index contributed by atoms with van der Waals surface area (Å²) in [5.74, 6) is 0.706. The quantitative estimate of drug-likeness (QED) is 0.170. The van der Waals surface area contributed by atoms with Gasteiger partial charge in [0.05, 0.1) is 11.4 Å². The maximum absolute atomic E-state index is 5.26. The van der Waals surface area contributed by atoms with Gasteiger partial charge in [0.15, 0.2) is 5.82 Å². The molecule has 0 N–H and O–H groups in total. The molecule has 0 amide bonds. The maximum Gasteiger partial charge on any atom is 0.160 e. The lowest BCUT2D eigenvalue weighted by atomic mass is 9.74. The first-order valence-corrected chi connectivity index (χ1v) is 20.0. The van der Waals surface area contributed by atoms with Crippen LogP contribution in [0.4, 0.5) is 0 Å². The van der Waals surface area contributed by atoms with Crippen LogP contribution in [0, 0.1) is 0 Å². The molecule has 1 unspecified atom stereocenters. The Morgan fingerprint density at radius 2 is 0.862 bits per heavy atom. The molecule has 2 heteroatoms. The molecule has 1 aliphatic carbocycles. The van der Waals surface area contributed by atoms with Crippen molar-refractivity contribution in [1.29, 1.82) is 0 Å². The molecule has 0 spiro atoms. The van der Waals surface area contributed by atoms with Crippen LogP contribution in [-0.2, 0) is 5.41 Å². The van der Waals surface area contributed by atoms with E-state index in [1.54, 1.807) is 0 Å². The van der Waals surface area contributed by atoms with Gasteiger partial charge in [-0.3, -0.25) is 0 Å². The zero-order chi connectivity index (χ0) is 38.6. The fourth-order valence-electron chi connectivity index (χ4n) is 9.26. The van der Waals surface area contributed by atoms with Crippen molar-refractivity contribution in [3.63, 3.8) is 0 Å². The lowest BCUT2D eigenvalue weighted by molar-refractivity contribution is 0.714. The fraction of sp³-hybridized carbons (Fsp3) is 0.0357. The Morgan fingerprint density at radius 3 is 1.67 bits per heavy atom. The smallest absolute Gasteiger partial charge is 0.160 e. The first-order valence-electron chi connectivity index (χ1n) is 20.0. The third-order valence-corrected chi connectivity index (χ3v) is 12.2. The number of rotatable bonds is 6. The van der Waals surface area contributed by atoms with Crippen LogP contribution in [0.25, 0.3) is 88.8 Å². The lowest BCUT2D eigenvalue weighted by Crippen LogP contribution is -2.22. The Balaban J connectivity index is 1.04. The van der Waals surface area contributed by atoms with E-state index in [-0.39, 0.29) is 5.41 Å². The lowest BCUT2D eigenvalue weighted by Gasteiger charge is -2.28. The molecule has 1 aromatic heterocycles. The van der Waals surface area contributed by atoms with Gasteiger partial charge in [-0.05, 0) is 90.7 Å². The Morgan fingerprint density at radius 1 is 0.328 bits per heavy atom. The second kappa shape index (κ2) is 13.7. The molecule has 0 aliphatic heterocycles. The highest BCUT2D eigenvalue weighted by molar-refractivity contribution is 6.05. The van der Waals surface area contributed by atoms with Gasteiger partial charge < -0.3 is 0 Å². The van der Waals surface area contributed by atoms with Gasteiger partial charge in [-0.15, -0.1) is 0 Å². The number of fused-ring (bicyclic) bond motifs is 5. The van der Waals surface area contributed by atoms with E-state index in [1.807, 2.05) is 18.2 Å². The van der Waals surface area contributed by atoms with Crippen molar-refractivity contribution < 1.29 is 0 Å². The van der Waals surface area contributed by atoms with Gasteiger partial charge in [-0.1, -0.05) is 200 Å². The minimum absolute atomic E-state index is 0.267. The van der Waals surface area contributed by atoms with Crippen LogP contribution in [0.5, 0.6) is 0 Å². The van der Waals surface area contributed by atoms with Crippen molar-refractivity contribution >= 4 is 21.5 Å². The summed E-state index contributed by atoms with van der Waals surface area (Å²) in [6.07, 6.45) is 0. The molecule has 272 valence electrons. The minimum atomic E-state index is -0.267. The number of hydrogen-bond donors (Lipinski definition) is 0. The van der Waals surface area contributed by atoms with Crippen LogP contribution in [0.1, 0.15) is 23.6 Å². The normalized spacial score (nSPS) is 14.4. The van der Waals surface area contributed by atoms with Crippen molar-refractivity contribution in [3.8, 4) is 67.3 Å². The van der Waals surface area contributed by atoms with E-state index in [0.717, 1.165) is 33.5 Å². The predicted molar refractivity (Wildman–Crippen MR) is 242 cm³/mol. The topological polar surface area (TPSA) is 25.8 Å². The van der Waals surface area contributed by atoms with Gasteiger partial charge in [-0.2, -0.15) is 0 Å². The summed E-state index contributed by atoms with van der Waals surface area (Å²) in [5.41, 5.74) is 16.0. The zero-order valence-corrected chi connectivity index (χ0v) is 32.1. The molecule has 1 aliphatic rings. The number of aromatic nitrogens is 2. The molecule has 0 bridgehead atoms. The summed E-state index contributed by atoms with van der Waals surface area (Å²) in [7, 11) is 0. The first kappa shape index (κ1) is 33.9. The highest BCUT2D eigenvalue weighted by atomic mass is 14.9. The van der Waals surface area contributed by atoms with Crippen LogP contribution >= 0.6 is 0 Å². The SMILES string of the molecule is CC1(c2ccccc2)c2ccccc2-c2ccc(-c3ccc(-c4cc(-c5ccc(-c6cccc7ccccc67)cc5)nc(-c5ccccc5)n4)c4ccccc34)cc21. The van der Waals surface area contributed by atoms with Crippen LogP contribution < -0.4 is 0 Å². The average molecular weight is 739 g/mol. The molecular weight excluding hydrogens is 701 g/mol. The number of nitrogens with zero attached hydrogens (tertiary/aromatic N) is 2. The molecule has 10 aromatic rings. The van der Waals surface area contributed by atoms with Crippen LogP contribution in [0.15, 0.2) is 212 Å². The molecule has 1 atom stereocenters. The molecule has 9 aromatic carbocycles. The molecule has 0 radical (unpaired) electrons. The maximum atomic E-state index is 5.26. The van der Waals surface area contributed by atoms with E-state index in [4.69, 9.17) is 9.97 Å². The van der Waals surface area contributed by atoms with E-state index in [1.165, 1.54) is 66.2 Å². The Kier molecular flexibility index (Phi) is 7.97. The van der Waals surface area contributed by atoms with Crippen molar-refractivity contribution in [1.82, 2.24) is 9.97 Å². The van der Waals surface area contributed by atoms with Crippen molar-refractivity contribution in [2.75, 3.05) is 0 Å². The van der Waals surface area contributed by atoms with E-state index in [0.29, 0.717) is 5.82 Å². The van der Waals surface area contributed by atoms with Gasteiger partial charge >= 0.3 is 0 Å². The van der Waals surface area contributed by atoms with Crippen LogP contribution in [0.3, 0.4) is 0 Å². The summed E-state index contributed by atoms with van der Waals surface area (Å²) < 4.78 is 0. The monoisotopic (exact) mass is 738 g/mol. The molecule has 0 saturated heterocycles. The van der Waals surface area contributed by atoms with Crippen LogP contribution in [-0.4, -0.2) is 9.97 Å². The zero-order valence-electron chi connectivity index (χ0n) is 32.1. The van der Waals surface area contributed by atoms with Crippen molar-refractivity contribution in [2.45, 2.75) is 12.3 Å². The second-order valence-corrected chi connectivity index (χ2v) is 15.4. The number of hydrogen-bond acceptors (Lipinski definition) is 2. The number of benzene rings is 9. The van der Waals surface area contributed by atoms with Gasteiger partial charge in [0.2, 0.25) is 0 Å². The third kappa shape index (κ3) is 5.49. The summed E-state index contributed by atoms with van der Waals surface area (Å²) in [6.45, 7) is 2.38. The minimum Gasteiger partial charge on any atom is -0.228 e. The van der Waals surface area contributed by atoms with Gasteiger partial charge in [0.25, 0.3) is 0 Å². The van der Waals surface area contributed by atoms with E-state index in [2.05, 4.69) is 201 Å². The average Bonchev–Trinajstić information content (AvgIpc) is 3.56. The van der Waals surface area contributed by atoms with Crippen molar-refractivity contribution in [2.24, 2.45) is 0 Å². The highest BCUT2D eigenvalue weighted by Gasteiger charge is 2.40. The molecular formula is C56H38N2. The van der Waals surface area contributed by atoms with Crippen molar-refractivity contribution in [3.05, 3.63) is 229 Å². The molecule has 0 fully saturated rings. The summed E-state index contributed by atoms with van der Waals surface area (Å²) in [6, 6.07) is 76.5. The van der Waals surface area contributed by atoms with E-state index < -0.39 is 0 Å².